The Morgan fingerprint density at radius 2 is 1.69 bits per heavy atom. The molecular formula is C23H25F5O. The number of alkyl halides is 3. The van der Waals surface area contributed by atoms with Crippen LogP contribution in [0.4, 0.5) is 22.0 Å². The normalized spacial score (nSPS) is 16.6. The second-order valence-corrected chi connectivity index (χ2v) is 7.70. The topological polar surface area (TPSA) is 9.23 Å². The molecule has 29 heavy (non-hydrogen) atoms. The Balaban J connectivity index is 1.72. The summed E-state index contributed by atoms with van der Waals surface area (Å²) in [7, 11) is 0. The molecule has 3 rings (SSSR count). The highest BCUT2D eigenvalue weighted by Crippen LogP contribution is 2.37. The summed E-state index contributed by atoms with van der Waals surface area (Å²) in [6, 6.07) is 7.03. The zero-order chi connectivity index (χ0) is 21.0. The molecule has 0 spiro atoms. The summed E-state index contributed by atoms with van der Waals surface area (Å²) in [5.41, 5.74) is 2.29. The average Bonchev–Trinajstić information content (AvgIpc) is 2.63. The molecule has 2 aromatic rings. The summed E-state index contributed by atoms with van der Waals surface area (Å²) in [5, 5.41) is 0. The third-order valence-electron chi connectivity index (χ3n) is 5.51. The molecule has 0 aromatic heterocycles. The highest BCUT2D eigenvalue weighted by Gasteiger charge is 2.32. The molecule has 0 radical (unpaired) electrons. The van der Waals surface area contributed by atoms with E-state index in [4.69, 9.17) is 0 Å². The average molecular weight is 412 g/mol. The number of hydrogen-bond acceptors (Lipinski definition) is 1. The zero-order valence-electron chi connectivity index (χ0n) is 16.4. The summed E-state index contributed by atoms with van der Waals surface area (Å²) >= 11 is 0. The second-order valence-electron chi connectivity index (χ2n) is 7.70. The zero-order valence-corrected chi connectivity index (χ0v) is 16.4. The number of halogens is 5. The van der Waals surface area contributed by atoms with Gasteiger partial charge < -0.3 is 4.74 Å². The van der Waals surface area contributed by atoms with E-state index in [1.54, 1.807) is 6.07 Å². The van der Waals surface area contributed by atoms with Crippen LogP contribution in [-0.2, 0) is 19.3 Å². The molecule has 0 aliphatic heterocycles. The first-order valence-electron chi connectivity index (χ1n) is 10.1. The van der Waals surface area contributed by atoms with E-state index in [2.05, 4.69) is 11.7 Å². The molecule has 0 N–H and O–H groups in total. The van der Waals surface area contributed by atoms with Gasteiger partial charge in [0, 0.05) is 5.56 Å². The molecule has 0 fully saturated rings. The van der Waals surface area contributed by atoms with Gasteiger partial charge in [0.25, 0.3) is 0 Å². The predicted octanol–water partition coefficient (Wildman–Crippen LogP) is 7.26. The van der Waals surface area contributed by atoms with Gasteiger partial charge in [-0.15, -0.1) is 13.2 Å². The van der Waals surface area contributed by atoms with Gasteiger partial charge in [-0.2, -0.15) is 0 Å². The lowest BCUT2D eigenvalue weighted by Gasteiger charge is -2.26. The van der Waals surface area contributed by atoms with Crippen LogP contribution in [0.3, 0.4) is 0 Å². The van der Waals surface area contributed by atoms with Crippen molar-refractivity contribution in [3.63, 3.8) is 0 Å². The Labute approximate surface area is 167 Å². The van der Waals surface area contributed by atoms with Gasteiger partial charge in [-0.05, 0) is 79.0 Å². The van der Waals surface area contributed by atoms with Crippen LogP contribution < -0.4 is 4.74 Å². The van der Waals surface area contributed by atoms with Crippen molar-refractivity contribution in [2.45, 2.75) is 70.6 Å². The first-order valence-corrected chi connectivity index (χ1v) is 10.1. The summed E-state index contributed by atoms with van der Waals surface area (Å²) in [6.45, 7) is 2.11. The molecular weight excluding hydrogens is 387 g/mol. The Hall–Kier alpha value is -2.11. The van der Waals surface area contributed by atoms with E-state index >= 15 is 0 Å². The van der Waals surface area contributed by atoms with E-state index in [1.165, 1.54) is 24.3 Å². The third kappa shape index (κ3) is 5.71. The number of fused-ring (bicyclic) bond motifs is 1. The molecule has 0 amide bonds. The van der Waals surface area contributed by atoms with Crippen LogP contribution in [0.2, 0.25) is 0 Å². The molecule has 1 aliphatic rings. The lowest BCUT2D eigenvalue weighted by Crippen LogP contribution is -2.19. The van der Waals surface area contributed by atoms with Gasteiger partial charge in [0.05, 0.1) is 0 Å². The third-order valence-corrected chi connectivity index (χ3v) is 5.51. The maximum absolute atomic E-state index is 14.7. The maximum Gasteiger partial charge on any atom is 0.573 e. The lowest BCUT2D eigenvalue weighted by molar-refractivity contribution is -0.274. The molecule has 158 valence electrons. The van der Waals surface area contributed by atoms with Crippen molar-refractivity contribution in [2.24, 2.45) is 0 Å². The van der Waals surface area contributed by atoms with Crippen LogP contribution in [0.15, 0.2) is 30.3 Å². The van der Waals surface area contributed by atoms with Gasteiger partial charge >= 0.3 is 6.36 Å². The van der Waals surface area contributed by atoms with Crippen molar-refractivity contribution in [3.8, 4) is 5.75 Å². The number of unbranched alkanes of at least 4 members (excludes halogenated alkanes) is 3. The number of benzene rings is 2. The van der Waals surface area contributed by atoms with Crippen molar-refractivity contribution in [1.82, 2.24) is 0 Å². The number of ether oxygens (including phenoxy) is 1. The van der Waals surface area contributed by atoms with E-state index in [9.17, 15) is 22.0 Å². The van der Waals surface area contributed by atoms with Crippen molar-refractivity contribution in [1.29, 1.82) is 0 Å². The number of hydrogen-bond donors (Lipinski definition) is 0. The summed E-state index contributed by atoms with van der Waals surface area (Å²) in [6.07, 6.45) is 1.41. The van der Waals surface area contributed by atoms with Crippen LogP contribution in [0.5, 0.6) is 5.75 Å². The molecule has 1 unspecified atom stereocenters. The molecule has 2 aromatic carbocycles. The summed E-state index contributed by atoms with van der Waals surface area (Å²) < 4.78 is 70.5. The number of rotatable bonds is 7. The van der Waals surface area contributed by atoms with Gasteiger partial charge in [0.1, 0.15) is 17.4 Å². The Morgan fingerprint density at radius 3 is 2.34 bits per heavy atom. The molecule has 0 heterocycles. The monoisotopic (exact) mass is 412 g/mol. The maximum atomic E-state index is 14.7. The van der Waals surface area contributed by atoms with Crippen LogP contribution in [0, 0.1) is 11.6 Å². The standard InChI is InChI=1S/C23H25F5O/c1-2-3-4-5-6-15-11-20(24)22(21(25)12-15)18-8-7-17-14-19(29-23(26,27)28)10-9-16(17)13-18/h9-12,14,18H,2-8,13H2,1H3. The van der Waals surface area contributed by atoms with Gasteiger partial charge in [-0.25, -0.2) is 8.78 Å². The van der Waals surface area contributed by atoms with E-state index < -0.39 is 18.0 Å². The smallest absolute Gasteiger partial charge is 0.406 e. The minimum atomic E-state index is -4.74. The summed E-state index contributed by atoms with van der Waals surface area (Å²) in [5.74, 6) is -1.65. The molecule has 0 saturated carbocycles. The van der Waals surface area contributed by atoms with E-state index in [0.29, 0.717) is 31.2 Å². The van der Waals surface area contributed by atoms with Crippen molar-refractivity contribution < 1.29 is 26.7 Å². The quantitative estimate of drug-likeness (QED) is 0.344. The summed E-state index contributed by atoms with van der Waals surface area (Å²) in [4.78, 5) is 0. The molecule has 1 nitrogen and oxygen atoms in total. The van der Waals surface area contributed by atoms with Crippen LogP contribution >= 0.6 is 0 Å². The van der Waals surface area contributed by atoms with Gasteiger partial charge in [-0.3, -0.25) is 0 Å². The SMILES string of the molecule is CCCCCCc1cc(F)c(C2CCc3cc(OC(F)(F)F)ccc3C2)c(F)c1. The molecule has 1 aliphatic carbocycles. The minimum absolute atomic E-state index is 0.0866. The Morgan fingerprint density at radius 1 is 0.966 bits per heavy atom. The van der Waals surface area contributed by atoms with E-state index in [1.807, 2.05) is 0 Å². The Kier molecular flexibility index (Phi) is 6.81. The van der Waals surface area contributed by atoms with Crippen molar-refractivity contribution >= 4 is 0 Å². The van der Waals surface area contributed by atoms with Crippen molar-refractivity contribution in [2.75, 3.05) is 0 Å². The highest BCUT2D eigenvalue weighted by atomic mass is 19.4. The molecule has 0 bridgehead atoms. The first-order chi connectivity index (χ1) is 13.8. The molecule has 1 atom stereocenters. The fourth-order valence-electron chi connectivity index (χ4n) is 4.10. The van der Waals surface area contributed by atoms with E-state index in [0.717, 1.165) is 36.8 Å². The Bertz CT molecular complexity index is 821. The van der Waals surface area contributed by atoms with Crippen LogP contribution in [0.25, 0.3) is 0 Å². The molecule has 0 saturated heterocycles. The lowest BCUT2D eigenvalue weighted by atomic mass is 9.79. The number of aryl methyl sites for hydroxylation is 2. The second kappa shape index (κ2) is 9.14. The fraction of sp³-hybridized carbons (Fsp3) is 0.478. The van der Waals surface area contributed by atoms with Gasteiger partial charge in [0.2, 0.25) is 0 Å². The van der Waals surface area contributed by atoms with Crippen LogP contribution in [-0.4, -0.2) is 6.36 Å². The largest absolute Gasteiger partial charge is 0.573 e. The predicted molar refractivity (Wildman–Crippen MR) is 102 cm³/mol. The van der Waals surface area contributed by atoms with Crippen LogP contribution in [0.1, 0.15) is 67.2 Å². The molecule has 6 heteroatoms. The van der Waals surface area contributed by atoms with Gasteiger partial charge in [-0.1, -0.05) is 32.3 Å². The fourth-order valence-corrected chi connectivity index (χ4v) is 4.10. The highest BCUT2D eigenvalue weighted by molar-refractivity contribution is 5.40. The first kappa shape index (κ1) is 21.6. The minimum Gasteiger partial charge on any atom is -0.406 e. The van der Waals surface area contributed by atoms with E-state index in [-0.39, 0.29) is 17.2 Å². The van der Waals surface area contributed by atoms with Crippen molar-refractivity contribution in [3.05, 3.63) is 64.2 Å². The van der Waals surface area contributed by atoms with Gasteiger partial charge in [0.15, 0.2) is 0 Å².